The van der Waals surface area contributed by atoms with E-state index < -0.39 is 5.60 Å². The highest BCUT2D eigenvalue weighted by Gasteiger charge is 2.45. The quantitative estimate of drug-likeness (QED) is 0.846. The molecule has 1 aromatic rings. The smallest absolute Gasteiger partial charge is 0.320 e. The highest BCUT2D eigenvalue weighted by molar-refractivity contribution is 5.76. The molecular weight excluding hydrogens is 319 g/mol. The van der Waals surface area contributed by atoms with Gasteiger partial charge in [-0.3, -0.25) is 0 Å². The summed E-state index contributed by atoms with van der Waals surface area (Å²) in [5.74, 6) is 0.226. The van der Waals surface area contributed by atoms with Crippen LogP contribution < -0.4 is 0 Å². The first-order valence-electron chi connectivity index (χ1n) is 9.48. The molecule has 0 aliphatic carbocycles. The van der Waals surface area contributed by atoms with Crippen LogP contribution in [-0.2, 0) is 0 Å². The van der Waals surface area contributed by atoms with Crippen molar-refractivity contribution in [1.29, 1.82) is 0 Å². The second-order valence-corrected chi connectivity index (χ2v) is 8.28. The topological polar surface area (TPSA) is 43.8 Å². The fraction of sp³-hybridized carbons (Fsp3) is 0.650. The molecule has 1 N–H and O–H groups in total. The van der Waals surface area contributed by atoms with Gasteiger partial charge >= 0.3 is 6.03 Å². The molecule has 136 valence electrons. The number of nitrogens with zero attached hydrogens (tertiary/aromatic N) is 2. The van der Waals surface area contributed by atoms with Crippen LogP contribution in [0.1, 0.15) is 56.9 Å². The van der Waals surface area contributed by atoms with Crippen molar-refractivity contribution in [2.24, 2.45) is 0 Å². The monoisotopic (exact) mass is 346 g/mol. The molecule has 0 spiro atoms. The molecule has 2 bridgehead atoms. The Kier molecular flexibility index (Phi) is 4.22. The molecule has 3 aliphatic rings. The molecule has 3 saturated heterocycles. The predicted octanol–water partition coefficient (Wildman–Crippen LogP) is 3.50. The third-order valence-corrected chi connectivity index (χ3v) is 6.41. The number of likely N-dealkylation sites (tertiary alicyclic amines) is 1. The van der Waals surface area contributed by atoms with Crippen LogP contribution in [0.2, 0.25) is 0 Å². The molecule has 1 unspecified atom stereocenters. The maximum absolute atomic E-state index is 13.2. The van der Waals surface area contributed by atoms with E-state index in [4.69, 9.17) is 0 Å². The van der Waals surface area contributed by atoms with Crippen LogP contribution in [0.4, 0.5) is 9.18 Å². The lowest BCUT2D eigenvalue weighted by molar-refractivity contribution is -0.00273. The van der Waals surface area contributed by atoms with Crippen molar-refractivity contribution in [2.75, 3.05) is 13.1 Å². The number of benzene rings is 1. The van der Waals surface area contributed by atoms with E-state index in [1.165, 1.54) is 17.7 Å². The maximum Gasteiger partial charge on any atom is 0.320 e. The molecule has 3 aliphatic heterocycles. The van der Waals surface area contributed by atoms with E-state index in [1.54, 1.807) is 0 Å². The number of aliphatic hydroxyl groups is 1. The number of halogens is 1. The Morgan fingerprint density at radius 1 is 1.12 bits per heavy atom. The van der Waals surface area contributed by atoms with Gasteiger partial charge in [-0.25, -0.2) is 9.18 Å². The van der Waals surface area contributed by atoms with Gasteiger partial charge in [-0.2, -0.15) is 0 Å². The van der Waals surface area contributed by atoms with Gasteiger partial charge in [0.2, 0.25) is 0 Å². The van der Waals surface area contributed by atoms with Crippen molar-refractivity contribution >= 4 is 6.03 Å². The third-order valence-electron chi connectivity index (χ3n) is 6.41. The van der Waals surface area contributed by atoms with Crippen LogP contribution in [0.3, 0.4) is 0 Å². The lowest BCUT2D eigenvalue weighted by atomic mass is 9.85. The molecule has 4 nitrogen and oxygen atoms in total. The summed E-state index contributed by atoms with van der Waals surface area (Å²) >= 11 is 0. The molecule has 0 aromatic heterocycles. The Hall–Kier alpha value is -1.62. The van der Waals surface area contributed by atoms with Crippen LogP contribution in [0.15, 0.2) is 24.3 Å². The van der Waals surface area contributed by atoms with Gasteiger partial charge in [0.1, 0.15) is 5.82 Å². The van der Waals surface area contributed by atoms with Gasteiger partial charge in [0.25, 0.3) is 0 Å². The predicted molar refractivity (Wildman–Crippen MR) is 93.9 cm³/mol. The van der Waals surface area contributed by atoms with Crippen molar-refractivity contribution in [3.8, 4) is 0 Å². The first kappa shape index (κ1) is 16.8. The molecule has 0 radical (unpaired) electrons. The summed E-state index contributed by atoms with van der Waals surface area (Å²) < 4.78 is 13.2. The molecule has 5 heteroatoms. The summed E-state index contributed by atoms with van der Waals surface area (Å²) in [6.07, 6.45) is 5.39. The molecule has 3 heterocycles. The number of carbonyl (C=O) groups is 1. The fourth-order valence-corrected chi connectivity index (χ4v) is 4.84. The summed E-state index contributed by atoms with van der Waals surface area (Å²) in [6.45, 7) is 3.14. The van der Waals surface area contributed by atoms with Crippen LogP contribution in [0, 0.1) is 5.82 Å². The second-order valence-electron chi connectivity index (χ2n) is 8.28. The van der Waals surface area contributed by atoms with Gasteiger partial charge in [0, 0.05) is 25.2 Å². The minimum Gasteiger partial charge on any atom is -0.390 e. The van der Waals surface area contributed by atoms with Crippen LogP contribution >= 0.6 is 0 Å². The minimum atomic E-state index is -0.634. The van der Waals surface area contributed by atoms with E-state index in [1.807, 2.05) is 24.0 Å². The molecule has 4 rings (SSSR count). The van der Waals surface area contributed by atoms with E-state index in [2.05, 4.69) is 4.90 Å². The Labute approximate surface area is 148 Å². The number of hydrogen-bond acceptors (Lipinski definition) is 2. The van der Waals surface area contributed by atoms with Crippen molar-refractivity contribution in [1.82, 2.24) is 9.80 Å². The number of carbonyl (C=O) groups excluding carboxylic acids is 1. The minimum absolute atomic E-state index is 0.153. The van der Waals surface area contributed by atoms with E-state index in [0.29, 0.717) is 43.9 Å². The normalized spacial score (nSPS) is 31.2. The fourth-order valence-electron chi connectivity index (χ4n) is 4.84. The van der Waals surface area contributed by atoms with Crippen molar-refractivity contribution in [2.45, 2.75) is 69.1 Å². The molecule has 3 atom stereocenters. The standard InChI is InChI=1S/C20H27FN2O2/c1-20(25)8-10-22(11-9-20)19(24)23-17-6-7-18(23)13-15(12-17)14-2-4-16(21)5-3-14/h2-5,15,17-18,25H,6-13H2,1H3/t15?,17-,18+. The summed E-state index contributed by atoms with van der Waals surface area (Å²) in [5.41, 5.74) is 0.560. The maximum atomic E-state index is 13.2. The Balaban J connectivity index is 1.44. The summed E-state index contributed by atoms with van der Waals surface area (Å²) in [4.78, 5) is 17.1. The average molecular weight is 346 g/mol. The van der Waals surface area contributed by atoms with E-state index >= 15 is 0 Å². The number of fused-ring (bicyclic) bond motifs is 2. The first-order valence-corrected chi connectivity index (χ1v) is 9.48. The summed E-state index contributed by atoms with van der Waals surface area (Å²) in [5, 5.41) is 10.1. The van der Waals surface area contributed by atoms with Crippen molar-refractivity contribution < 1.29 is 14.3 Å². The lowest BCUT2D eigenvalue weighted by Crippen LogP contribution is -2.55. The number of piperidine rings is 2. The van der Waals surface area contributed by atoms with Crippen LogP contribution in [-0.4, -0.2) is 51.7 Å². The first-order chi connectivity index (χ1) is 11.9. The Morgan fingerprint density at radius 3 is 2.24 bits per heavy atom. The molecule has 2 amide bonds. The van der Waals surface area contributed by atoms with E-state index in [-0.39, 0.29) is 11.8 Å². The molecule has 3 fully saturated rings. The van der Waals surface area contributed by atoms with Gasteiger partial charge < -0.3 is 14.9 Å². The van der Waals surface area contributed by atoms with E-state index in [0.717, 1.165) is 25.7 Å². The summed E-state index contributed by atoms with van der Waals surface area (Å²) in [7, 11) is 0. The van der Waals surface area contributed by atoms with Crippen LogP contribution in [0.5, 0.6) is 0 Å². The SMILES string of the molecule is CC1(O)CCN(C(=O)N2[C@@H]3CC[C@H]2CC(c2ccc(F)cc2)C3)CC1. The average Bonchev–Trinajstić information content (AvgIpc) is 2.85. The number of rotatable bonds is 1. The zero-order valence-electron chi connectivity index (χ0n) is 14.8. The highest BCUT2D eigenvalue weighted by Crippen LogP contribution is 2.43. The van der Waals surface area contributed by atoms with Gasteiger partial charge in [-0.05, 0) is 69.1 Å². The van der Waals surface area contributed by atoms with E-state index in [9.17, 15) is 14.3 Å². The molecular formula is C20H27FN2O2. The molecule has 25 heavy (non-hydrogen) atoms. The summed E-state index contributed by atoms with van der Waals surface area (Å²) in [6, 6.07) is 7.60. The number of urea groups is 1. The van der Waals surface area contributed by atoms with Crippen molar-refractivity contribution in [3.05, 3.63) is 35.6 Å². The zero-order valence-corrected chi connectivity index (χ0v) is 14.8. The number of hydrogen-bond donors (Lipinski definition) is 1. The molecule has 0 saturated carbocycles. The van der Waals surface area contributed by atoms with Gasteiger partial charge in [-0.1, -0.05) is 12.1 Å². The number of amides is 2. The second kappa shape index (κ2) is 6.27. The molecule has 1 aromatic carbocycles. The van der Waals surface area contributed by atoms with Gasteiger partial charge in [0.05, 0.1) is 5.60 Å². The Morgan fingerprint density at radius 2 is 1.68 bits per heavy atom. The largest absolute Gasteiger partial charge is 0.390 e. The van der Waals surface area contributed by atoms with Crippen LogP contribution in [0.25, 0.3) is 0 Å². The van der Waals surface area contributed by atoms with Gasteiger partial charge in [0.15, 0.2) is 0 Å². The zero-order chi connectivity index (χ0) is 17.6. The van der Waals surface area contributed by atoms with Gasteiger partial charge in [-0.15, -0.1) is 0 Å². The lowest BCUT2D eigenvalue weighted by Gasteiger charge is -2.44. The third kappa shape index (κ3) is 3.26. The Bertz CT molecular complexity index is 622. The highest BCUT2D eigenvalue weighted by atomic mass is 19.1. The van der Waals surface area contributed by atoms with Crippen molar-refractivity contribution in [3.63, 3.8) is 0 Å².